The molecule has 1 heterocycles. The average Bonchev–Trinajstić information content (AvgIpc) is 2.85. The quantitative estimate of drug-likeness (QED) is 0.868. The summed E-state index contributed by atoms with van der Waals surface area (Å²) >= 11 is 0. The Morgan fingerprint density at radius 2 is 2.37 bits per heavy atom. The summed E-state index contributed by atoms with van der Waals surface area (Å²) in [6.45, 7) is 3.30. The van der Waals surface area contributed by atoms with Gasteiger partial charge in [0.05, 0.1) is 6.04 Å². The summed E-state index contributed by atoms with van der Waals surface area (Å²) in [5.74, 6) is 1.46. The van der Waals surface area contributed by atoms with Gasteiger partial charge in [-0.25, -0.2) is 0 Å². The number of likely N-dealkylation sites (N-methyl/N-ethyl adjacent to an activating group) is 2. The van der Waals surface area contributed by atoms with Crippen molar-refractivity contribution in [3.05, 3.63) is 23.8 Å². The second kappa shape index (κ2) is 5.93. The van der Waals surface area contributed by atoms with Crippen LogP contribution in [0.3, 0.4) is 0 Å². The van der Waals surface area contributed by atoms with Crippen LogP contribution in [0.2, 0.25) is 0 Å². The van der Waals surface area contributed by atoms with E-state index in [9.17, 15) is 4.79 Å². The van der Waals surface area contributed by atoms with Crippen molar-refractivity contribution in [3.63, 3.8) is 0 Å². The predicted octanol–water partition coefficient (Wildman–Crippen LogP) is 1.20. The lowest BCUT2D eigenvalue weighted by Gasteiger charge is -2.15. The normalized spacial score (nSPS) is 16.7. The van der Waals surface area contributed by atoms with E-state index in [1.807, 2.05) is 32.2 Å². The van der Waals surface area contributed by atoms with Gasteiger partial charge < -0.3 is 19.7 Å². The van der Waals surface area contributed by atoms with Gasteiger partial charge in [-0.3, -0.25) is 4.79 Å². The lowest BCUT2D eigenvalue weighted by molar-refractivity contribution is -0.131. The fraction of sp³-hybridized carbons (Fsp3) is 0.500. The van der Waals surface area contributed by atoms with Crippen LogP contribution in [0.15, 0.2) is 18.2 Å². The zero-order valence-electron chi connectivity index (χ0n) is 11.6. The summed E-state index contributed by atoms with van der Waals surface area (Å²) in [5, 5.41) is 3.19. The number of carbonyl (C=O) groups excluding carboxylic acids is 1. The summed E-state index contributed by atoms with van der Waals surface area (Å²) in [6, 6.07) is 5.92. The molecule has 1 unspecified atom stereocenters. The number of carbonyl (C=O) groups is 1. The van der Waals surface area contributed by atoms with Crippen LogP contribution in [0.25, 0.3) is 0 Å². The van der Waals surface area contributed by atoms with Crippen molar-refractivity contribution in [1.82, 2.24) is 10.2 Å². The van der Waals surface area contributed by atoms with Crippen molar-refractivity contribution >= 4 is 5.91 Å². The largest absolute Gasteiger partial charge is 0.491 e. The number of nitrogens with zero attached hydrogens (tertiary/aromatic N) is 1. The third-order valence-corrected chi connectivity index (χ3v) is 3.38. The predicted molar refractivity (Wildman–Crippen MR) is 72.5 cm³/mol. The first-order chi connectivity index (χ1) is 9.15. The van der Waals surface area contributed by atoms with Gasteiger partial charge in [0.25, 0.3) is 5.91 Å². The van der Waals surface area contributed by atoms with Crippen LogP contribution in [0.4, 0.5) is 0 Å². The molecule has 0 aliphatic carbocycles. The van der Waals surface area contributed by atoms with E-state index >= 15 is 0 Å². The highest BCUT2D eigenvalue weighted by Crippen LogP contribution is 2.34. The smallest absolute Gasteiger partial charge is 0.260 e. The maximum Gasteiger partial charge on any atom is 0.260 e. The number of hydrogen-bond donors (Lipinski definition) is 1. The molecule has 0 bridgehead atoms. The van der Waals surface area contributed by atoms with Gasteiger partial charge in [0.2, 0.25) is 0 Å². The second-order valence-electron chi connectivity index (χ2n) is 4.55. The molecule has 1 aromatic carbocycles. The van der Waals surface area contributed by atoms with Gasteiger partial charge in [-0.15, -0.1) is 0 Å². The van der Waals surface area contributed by atoms with Crippen molar-refractivity contribution < 1.29 is 14.3 Å². The minimum Gasteiger partial charge on any atom is -0.491 e. The maximum absolute atomic E-state index is 11.6. The summed E-state index contributed by atoms with van der Waals surface area (Å²) in [5.41, 5.74) is 1.13. The maximum atomic E-state index is 11.6. The molecule has 0 aromatic heterocycles. The molecule has 1 amide bonds. The highest BCUT2D eigenvalue weighted by atomic mass is 16.5. The molecule has 0 radical (unpaired) electrons. The second-order valence-corrected chi connectivity index (χ2v) is 4.55. The van der Waals surface area contributed by atoms with Gasteiger partial charge in [0.1, 0.15) is 18.1 Å². The van der Waals surface area contributed by atoms with Crippen molar-refractivity contribution in [2.24, 2.45) is 0 Å². The Morgan fingerprint density at radius 3 is 3.05 bits per heavy atom. The molecule has 1 aliphatic heterocycles. The van der Waals surface area contributed by atoms with Gasteiger partial charge in [-0.05, 0) is 26.1 Å². The van der Waals surface area contributed by atoms with Gasteiger partial charge in [0.15, 0.2) is 6.61 Å². The summed E-state index contributed by atoms with van der Waals surface area (Å²) < 4.78 is 11.1. The van der Waals surface area contributed by atoms with Crippen LogP contribution < -0.4 is 14.8 Å². The molecule has 1 atom stereocenters. The van der Waals surface area contributed by atoms with E-state index in [2.05, 4.69) is 5.32 Å². The molecule has 0 saturated heterocycles. The van der Waals surface area contributed by atoms with E-state index in [0.717, 1.165) is 11.3 Å². The molecule has 1 N–H and O–H groups in total. The molecule has 0 saturated carbocycles. The van der Waals surface area contributed by atoms with E-state index in [-0.39, 0.29) is 18.6 Å². The molecule has 19 heavy (non-hydrogen) atoms. The molecule has 0 fully saturated rings. The first kappa shape index (κ1) is 13.7. The monoisotopic (exact) mass is 264 g/mol. The Labute approximate surface area is 113 Å². The van der Waals surface area contributed by atoms with Crippen LogP contribution in [0, 0.1) is 0 Å². The van der Waals surface area contributed by atoms with Crippen LogP contribution >= 0.6 is 0 Å². The molecule has 2 rings (SSSR count). The first-order valence-corrected chi connectivity index (χ1v) is 6.46. The highest BCUT2D eigenvalue weighted by molar-refractivity contribution is 5.77. The average molecular weight is 264 g/mol. The Balaban J connectivity index is 1.98. The first-order valence-electron chi connectivity index (χ1n) is 6.46. The van der Waals surface area contributed by atoms with E-state index in [0.29, 0.717) is 18.9 Å². The molecule has 5 nitrogen and oxygen atoms in total. The summed E-state index contributed by atoms with van der Waals surface area (Å²) in [7, 11) is 3.67. The molecular formula is C14H20N2O3. The summed E-state index contributed by atoms with van der Waals surface area (Å²) in [4.78, 5) is 13.3. The Hall–Kier alpha value is -1.75. The molecular weight excluding hydrogens is 244 g/mol. The molecule has 5 heteroatoms. The number of hydrogen-bond acceptors (Lipinski definition) is 4. The highest BCUT2D eigenvalue weighted by Gasteiger charge is 2.23. The molecule has 1 aromatic rings. The van der Waals surface area contributed by atoms with E-state index in [1.54, 1.807) is 11.9 Å². The number of fused-ring (bicyclic) bond motifs is 1. The van der Waals surface area contributed by atoms with Crippen molar-refractivity contribution in [3.8, 4) is 11.5 Å². The molecule has 1 aliphatic rings. The number of amides is 1. The van der Waals surface area contributed by atoms with Crippen LogP contribution in [0.1, 0.15) is 18.5 Å². The van der Waals surface area contributed by atoms with Gasteiger partial charge >= 0.3 is 0 Å². The third-order valence-electron chi connectivity index (χ3n) is 3.38. The molecule has 0 spiro atoms. The molecule has 104 valence electrons. The van der Waals surface area contributed by atoms with Crippen molar-refractivity contribution in [2.45, 2.75) is 13.0 Å². The topological polar surface area (TPSA) is 50.8 Å². The summed E-state index contributed by atoms with van der Waals surface area (Å²) in [6.07, 6.45) is 0. The van der Waals surface area contributed by atoms with E-state index in [1.165, 1.54) is 0 Å². The minimum atomic E-state index is -0.0305. The van der Waals surface area contributed by atoms with Gasteiger partial charge in [-0.1, -0.05) is 0 Å². The van der Waals surface area contributed by atoms with Gasteiger partial charge in [0, 0.05) is 25.2 Å². The number of nitrogens with one attached hydrogen (secondary N) is 1. The fourth-order valence-electron chi connectivity index (χ4n) is 1.95. The zero-order valence-corrected chi connectivity index (χ0v) is 11.6. The lowest BCUT2D eigenvalue weighted by Crippen LogP contribution is -2.31. The van der Waals surface area contributed by atoms with Crippen LogP contribution in [-0.4, -0.2) is 44.7 Å². The Morgan fingerprint density at radius 1 is 1.58 bits per heavy atom. The Bertz CT molecular complexity index is 462. The van der Waals surface area contributed by atoms with E-state index < -0.39 is 0 Å². The lowest BCUT2D eigenvalue weighted by atomic mass is 10.1. The fourth-order valence-corrected chi connectivity index (χ4v) is 1.95. The van der Waals surface area contributed by atoms with Crippen molar-refractivity contribution in [2.75, 3.05) is 33.9 Å². The number of rotatable bonds is 5. The van der Waals surface area contributed by atoms with Crippen LogP contribution in [-0.2, 0) is 4.79 Å². The van der Waals surface area contributed by atoms with E-state index in [4.69, 9.17) is 9.47 Å². The zero-order chi connectivity index (χ0) is 13.8. The standard InChI is InChI=1S/C14H20N2O3/c1-4-16(3)14(17)9-18-10-5-6-11-12(15-2)8-19-13(11)7-10/h5-7,12,15H,4,8-9H2,1-3H3. The number of benzene rings is 1. The van der Waals surface area contributed by atoms with Crippen molar-refractivity contribution in [1.29, 1.82) is 0 Å². The Kier molecular flexibility index (Phi) is 4.27. The third kappa shape index (κ3) is 2.98. The minimum absolute atomic E-state index is 0.0305. The van der Waals surface area contributed by atoms with Crippen LogP contribution in [0.5, 0.6) is 11.5 Å². The SMILES string of the molecule is CCN(C)C(=O)COc1ccc2c(c1)OCC2NC. The number of ether oxygens (including phenoxy) is 2. The van der Waals surface area contributed by atoms with Gasteiger partial charge in [-0.2, -0.15) is 0 Å².